The fourth-order valence-electron chi connectivity index (χ4n) is 2.77. The predicted octanol–water partition coefficient (Wildman–Crippen LogP) is 1.63. The second-order valence-corrected chi connectivity index (χ2v) is 5.68. The summed E-state index contributed by atoms with van der Waals surface area (Å²) in [6.45, 7) is 4.49. The van der Waals surface area contributed by atoms with Gasteiger partial charge in [-0.1, -0.05) is 13.8 Å². The second-order valence-electron chi connectivity index (χ2n) is 5.68. The highest BCUT2D eigenvalue weighted by atomic mass is 15.3. The maximum Gasteiger partial charge on any atom is 0.253 e. The Morgan fingerprint density at radius 2 is 2.22 bits per heavy atom. The van der Waals surface area contributed by atoms with E-state index in [2.05, 4.69) is 35.1 Å². The number of hydrogen-bond donors (Lipinski definition) is 1. The third-order valence-corrected chi connectivity index (χ3v) is 3.53. The molecule has 2 aromatic heterocycles. The van der Waals surface area contributed by atoms with Crippen molar-refractivity contribution in [2.45, 2.75) is 32.7 Å². The minimum atomic E-state index is 0.0988. The van der Waals surface area contributed by atoms with Crippen molar-refractivity contribution in [3.8, 4) is 5.95 Å². The molecule has 0 amide bonds. The van der Waals surface area contributed by atoms with Crippen LogP contribution in [0, 0.1) is 5.41 Å². The van der Waals surface area contributed by atoms with Gasteiger partial charge in [0.05, 0.1) is 12.4 Å². The Morgan fingerprint density at radius 1 is 1.39 bits per heavy atom. The van der Waals surface area contributed by atoms with Gasteiger partial charge in [0.25, 0.3) is 5.95 Å². The first-order valence-electron chi connectivity index (χ1n) is 6.17. The summed E-state index contributed by atoms with van der Waals surface area (Å²) in [7, 11) is 0. The molecule has 5 nitrogen and oxygen atoms in total. The van der Waals surface area contributed by atoms with Crippen LogP contribution in [0.25, 0.3) is 5.95 Å². The molecule has 1 atom stereocenters. The highest BCUT2D eigenvalue weighted by Gasteiger charge is 2.32. The SMILES string of the molecule is CC1(C)Cc2c(ccn2-c2nccnn2)C(N)C1. The van der Waals surface area contributed by atoms with Gasteiger partial charge in [-0.25, -0.2) is 4.98 Å². The van der Waals surface area contributed by atoms with Crippen LogP contribution in [0.4, 0.5) is 0 Å². The van der Waals surface area contributed by atoms with E-state index < -0.39 is 0 Å². The van der Waals surface area contributed by atoms with Crippen LogP contribution in [0.2, 0.25) is 0 Å². The summed E-state index contributed by atoms with van der Waals surface area (Å²) < 4.78 is 2.00. The van der Waals surface area contributed by atoms with Crippen LogP contribution < -0.4 is 5.73 Å². The Hall–Kier alpha value is -1.75. The maximum atomic E-state index is 6.24. The number of fused-ring (bicyclic) bond motifs is 1. The standard InChI is InChI=1S/C13H17N5/c1-13(2)7-10(14)9-3-6-18(11(9)8-13)12-15-4-5-16-17-12/h3-6,10H,7-8,14H2,1-2H3. The van der Waals surface area contributed by atoms with E-state index in [0.717, 1.165) is 12.8 Å². The highest BCUT2D eigenvalue weighted by Crippen LogP contribution is 2.40. The molecule has 94 valence electrons. The Balaban J connectivity index is 2.10. The average Bonchev–Trinajstić information content (AvgIpc) is 2.72. The van der Waals surface area contributed by atoms with Gasteiger partial charge in [0, 0.05) is 17.9 Å². The number of rotatable bonds is 1. The molecule has 0 fully saturated rings. The van der Waals surface area contributed by atoms with Crippen molar-refractivity contribution in [1.82, 2.24) is 19.7 Å². The molecule has 0 spiro atoms. The molecular formula is C13H17N5. The van der Waals surface area contributed by atoms with Crippen molar-refractivity contribution in [2.24, 2.45) is 11.1 Å². The van der Waals surface area contributed by atoms with E-state index in [0.29, 0.717) is 5.95 Å². The van der Waals surface area contributed by atoms with Gasteiger partial charge < -0.3 is 5.73 Å². The van der Waals surface area contributed by atoms with Gasteiger partial charge in [0.1, 0.15) is 0 Å². The number of aromatic nitrogens is 4. The summed E-state index contributed by atoms with van der Waals surface area (Å²) >= 11 is 0. The molecule has 0 aliphatic heterocycles. The summed E-state index contributed by atoms with van der Waals surface area (Å²) in [4.78, 5) is 4.25. The lowest BCUT2D eigenvalue weighted by atomic mass is 9.75. The molecule has 1 aliphatic carbocycles. The first kappa shape index (κ1) is 11.3. The first-order chi connectivity index (χ1) is 8.57. The van der Waals surface area contributed by atoms with Crippen LogP contribution in [-0.2, 0) is 6.42 Å². The van der Waals surface area contributed by atoms with Crippen LogP contribution in [0.3, 0.4) is 0 Å². The molecule has 0 bridgehead atoms. The molecule has 2 aromatic rings. The van der Waals surface area contributed by atoms with Gasteiger partial charge in [-0.3, -0.25) is 4.57 Å². The monoisotopic (exact) mass is 243 g/mol. The summed E-state index contributed by atoms with van der Waals surface area (Å²) in [5.41, 5.74) is 8.88. The molecule has 5 heteroatoms. The quantitative estimate of drug-likeness (QED) is 0.826. The number of nitrogens with two attached hydrogens (primary N) is 1. The van der Waals surface area contributed by atoms with Crippen molar-refractivity contribution in [2.75, 3.05) is 0 Å². The Labute approximate surface area is 106 Å². The molecule has 18 heavy (non-hydrogen) atoms. The molecule has 0 saturated carbocycles. The van der Waals surface area contributed by atoms with E-state index in [9.17, 15) is 0 Å². The van der Waals surface area contributed by atoms with Crippen LogP contribution in [-0.4, -0.2) is 19.7 Å². The Bertz CT molecular complexity index is 558. The zero-order chi connectivity index (χ0) is 12.8. The molecule has 1 unspecified atom stereocenters. The molecule has 1 aliphatic rings. The topological polar surface area (TPSA) is 69.6 Å². The van der Waals surface area contributed by atoms with Crippen molar-refractivity contribution in [1.29, 1.82) is 0 Å². The summed E-state index contributed by atoms with van der Waals surface area (Å²) in [5.74, 6) is 0.614. The van der Waals surface area contributed by atoms with Gasteiger partial charge in [0.15, 0.2) is 0 Å². The predicted molar refractivity (Wildman–Crippen MR) is 68.2 cm³/mol. The van der Waals surface area contributed by atoms with E-state index in [-0.39, 0.29) is 11.5 Å². The van der Waals surface area contributed by atoms with E-state index in [1.165, 1.54) is 11.3 Å². The molecule has 3 rings (SSSR count). The van der Waals surface area contributed by atoms with E-state index in [4.69, 9.17) is 5.73 Å². The maximum absolute atomic E-state index is 6.24. The van der Waals surface area contributed by atoms with Gasteiger partial charge in [0.2, 0.25) is 0 Å². The van der Waals surface area contributed by atoms with E-state index in [1.54, 1.807) is 12.4 Å². The van der Waals surface area contributed by atoms with Gasteiger partial charge in [-0.05, 0) is 29.9 Å². The van der Waals surface area contributed by atoms with Crippen molar-refractivity contribution < 1.29 is 0 Å². The minimum Gasteiger partial charge on any atom is -0.324 e. The van der Waals surface area contributed by atoms with Crippen molar-refractivity contribution >= 4 is 0 Å². The first-order valence-corrected chi connectivity index (χ1v) is 6.17. The largest absolute Gasteiger partial charge is 0.324 e. The molecule has 0 aromatic carbocycles. The third kappa shape index (κ3) is 1.80. The molecule has 0 saturated heterocycles. The van der Waals surface area contributed by atoms with Gasteiger partial charge >= 0.3 is 0 Å². The minimum absolute atomic E-state index is 0.0988. The van der Waals surface area contributed by atoms with Crippen LogP contribution in [0.5, 0.6) is 0 Å². The third-order valence-electron chi connectivity index (χ3n) is 3.53. The Kier molecular flexibility index (Phi) is 2.45. The van der Waals surface area contributed by atoms with Crippen molar-refractivity contribution in [3.63, 3.8) is 0 Å². The highest BCUT2D eigenvalue weighted by molar-refractivity contribution is 5.34. The second kappa shape index (κ2) is 3.88. The molecule has 0 radical (unpaired) electrons. The Morgan fingerprint density at radius 3 is 2.94 bits per heavy atom. The fraction of sp³-hybridized carbons (Fsp3) is 0.462. The summed E-state index contributed by atoms with van der Waals surface area (Å²) in [6, 6.07) is 2.17. The molecule has 2 heterocycles. The van der Waals surface area contributed by atoms with Gasteiger partial charge in [-0.2, -0.15) is 5.10 Å². The molecular weight excluding hydrogens is 226 g/mol. The summed E-state index contributed by atoms with van der Waals surface area (Å²) in [5, 5.41) is 7.94. The van der Waals surface area contributed by atoms with E-state index in [1.807, 2.05) is 10.8 Å². The smallest absolute Gasteiger partial charge is 0.253 e. The molecule has 2 N–H and O–H groups in total. The van der Waals surface area contributed by atoms with Crippen molar-refractivity contribution in [3.05, 3.63) is 35.9 Å². The lowest BCUT2D eigenvalue weighted by molar-refractivity contribution is 0.278. The lowest BCUT2D eigenvalue weighted by Crippen LogP contribution is -2.30. The van der Waals surface area contributed by atoms with Crippen LogP contribution >= 0.6 is 0 Å². The van der Waals surface area contributed by atoms with Crippen LogP contribution in [0.15, 0.2) is 24.7 Å². The number of nitrogens with zero attached hydrogens (tertiary/aromatic N) is 4. The van der Waals surface area contributed by atoms with E-state index >= 15 is 0 Å². The average molecular weight is 243 g/mol. The fourth-order valence-corrected chi connectivity index (χ4v) is 2.77. The zero-order valence-corrected chi connectivity index (χ0v) is 10.7. The zero-order valence-electron chi connectivity index (χ0n) is 10.7. The van der Waals surface area contributed by atoms with Gasteiger partial charge in [-0.15, -0.1) is 5.10 Å². The normalized spacial score (nSPS) is 21.6. The van der Waals surface area contributed by atoms with Crippen LogP contribution in [0.1, 0.15) is 37.6 Å². The number of hydrogen-bond acceptors (Lipinski definition) is 4. The summed E-state index contributed by atoms with van der Waals surface area (Å²) in [6.07, 6.45) is 7.22. The lowest BCUT2D eigenvalue weighted by Gasteiger charge is -2.34.